The van der Waals surface area contributed by atoms with Crippen LogP contribution in [-0.2, 0) is 10.0 Å². The van der Waals surface area contributed by atoms with Gasteiger partial charge in [0.15, 0.2) is 0 Å². The number of benzene rings is 2. The Kier molecular flexibility index (Phi) is 5.91. The lowest BCUT2D eigenvalue weighted by atomic mass is 9.94. The fraction of sp³-hybridized carbons (Fsp3) is 0.409. The second kappa shape index (κ2) is 8.05. The van der Waals surface area contributed by atoms with Crippen LogP contribution in [0.2, 0.25) is 0 Å². The number of rotatable bonds is 4. The van der Waals surface area contributed by atoms with Crippen molar-refractivity contribution in [2.24, 2.45) is 11.8 Å². The van der Waals surface area contributed by atoms with Gasteiger partial charge in [0.25, 0.3) is 5.91 Å². The van der Waals surface area contributed by atoms with Crippen molar-refractivity contribution < 1.29 is 13.2 Å². The quantitative estimate of drug-likeness (QED) is 0.835. The standard InChI is InChI=1S/C22H28N2O3S/c1-15-5-6-18(4)21(12-15)23-22(25)19-7-9-20(10-8-19)28(26,27)24-13-16(2)11-17(3)14-24/h5-10,12,16-17H,11,13-14H2,1-4H3,(H,23,25). The third-order valence-electron chi connectivity index (χ3n) is 5.23. The summed E-state index contributed by atoms with van der Waals surface area (Å²) in [7, 11) is -3.54. The van der Waals surface area contributed by atoms with Gasteiger partial charge in [0.05, 0.1) is 4.90 Å². The predicted octanol–water partition coefficient (Wildman–Crippen LogP) is 4.22. The van der Waals surface area contributed by atoms with Crippen LogP contribution in [0.25, 0.3) is 0 Å². The Morgan fingerprint density at radius 2 is 1.61 bits per heavy atom. The number of nitrogens with zero attached hydrogens (tertiary/aromatic N) is 1. The molecule has 2 atom stereocenters. The topological polar surface area (TPSA) is 66.5 Å². The largest absolute Gasteiger partial charge is 0.322 e. The summed E-state index contributed by atoms with van der Waals surface area (Å²) < 4.78 is 27.5. The molecule has 0 aromatic heterocycles. The highest BCUT2D eigenvalue weighted by molar-refractivity contribution is 7.89. The number of anilines is 1. The summed E-state index contributed by atoms with van der Waals surface area (Å²) in [6, 6.07) is 12.1. The van der Waals surface area contributed by atoms with Crippen LogP contribution in [-0.4, -0.2) is 31.7 Å². The number of sulfonamides is 1. The first-order valence-corrected chi connectivity index (χ1v) is 11.1. The number of aryl methyl sites for hydroxylation is 2. The van der Waals surface area contributed by atoms with E-state index in [-0.39, 0.29) is 10.8 Å². The lowest BCUT2D eigenvalue weighted by molar-refractivity contribution is 0.102. The molecule has 28 heavy (non-hydrogen) atoms. The molecule has 0 saturated carbocycles. The number of piperidine rings is 1. The van der Waals surface area contributed by atoms with E-state index in [4.69, 9.17) is 0 Å². The maximum absolute atomic E-state index is 13.0. The average Bonchev–Trinajstić information content (AvgIpc) is 2.64. The maximum Gasteiger partial charge on any atom is 0.255 e. The summed E-state index contributed by atoms with van der Waals surface area (Å²) in [6.07, 6.45) is 1.05. The second-order valence-electron chi connectivity index (χ2n) is 8.06. The normalized spacial score (nSPS) is 20.7. The Balaban J connectivity index is 1.77. The zero-order valence-electron chi connectivity index (χ0n) is 16.9. The van der Waals surface area contributed by atoms with Crippen LogP contribution in [0.15, 0.2) is 47.4 Å². The SMILES string of the molecule is Cc1ccc(C)c(NC(=O)c2ccc(S(=O)(=O)N3CC(C)CC(C)C3)cc2)c1. The fourth-order valence-corrected chi connectivity index (χ4v) is 5.47. The van der Waals surface area contributed by atoms with Crippen molar-refractivity contribution in [1.29, 1.82) is 0 Å². The summed E-state index contributed by atoms with van der Waals surface area (Å²) in [5.74, 6) is 0.445. The zero-order chi connectivity index (χ0) is 20.5. The van der Waals surface area contributed by atoms with Crippen LogP contribution >= 0.6 is 0 Å². The minimum atomic E-state index is -3.54. The first-order valence-electron chi connectivity index (χ1n) is 9.65. The first kappa shape index (κ1) is 20.6. The Morgan fingerprint density at radius 1 is 1.00 bits per heavy atom. The van der Waals surface area contributed by atoms with Crippen molar-refractivity contribution >= 4 is 21.6 Å². The summed E-state index contributed by atoms with van der Waals surface area (Å²) in [6.45, 7) is 9.16. The molecule has 1 saturated heterocycles. The molecule has 2 aromatic rings. The summed E-state index contributed by atoms with van der Waals surface area (Å²) in [4.78, 5) is 12.8. The maximum atomic E-state index is 13.0. The monoisotopic (exact) mass is 400 g/mol. The number of carbonyl (C=O) groups excluding carboxylic acids is 1. The molecule has 150 valence electrons. The summed E-state index contributed by atoms with van der Waals surface area (Å²) in [5.41, 5.74) is 3.23. The van der Waals surface area contributed by atoms with E-state index in [9.17, 15) is 13.2 Å². The van der Waals surface area contributed by atoms with E-state index >= 15 is 0 Å². The van der Waals surface area contributed by atoms with E-state index in [0.29, 0.717) is 30.5 Å². The van der Waals surface area contributed by atoms with Gasteiger partial charge in [-0.15, -0.1) is 0 Å². The van der Waals surface area contributed by atoms with Gasteiger partial charge in [-0.1, -0.05) is 26.0 Å². The highest BCUT2D eigenvalue weighted by Gasteiger charge is 2.31. The van der Waals surface area contributed by atoms with Crippen molar-refractivity contribution in [2.75, 3.05) is 18.4 Å². The van der Waals surface area contributed by atoms with Crippen LogP contribution in [0.1, 0.15) is 41.8 Å². The predicted molar refractivity (Wildman–Crippen MR) is 112 cm³/mol. The van der Waals surface area contributed by atoms with Crippen LogP contribution in [0, 0.1) is 25.7 Å². The van der Waals surface area contributed by atoms with Crippen molar-refractivity contribution in [3.63, 3.8) is 0 Å². The molecular formula is C22H28N2O3S. The minimum absolute atomic E-state index is 0.233. The molecular weight excluding hydrogens is 372 g/mol. The van der Waals surface area contributed by atoms with Gasteiger partial charge < -0.3 is 5.32 Å². The van der Waals surface area contributed by atoms with Crippen LogP contribution in [0.4, 0.5) is 5.69 Å². The molecule has 2 unspecified atom stereocenters. The third kappa shape index (κ3) is 4.45. The molecule has 1 heterocycles. The van der Waals surface area contributed by atoms with E-state index < -0.39 is 10.0 Å². The van der Waals surface area contributed by atoms with Gasteiger partial charge in [-0.3, -0.25) is 4.79 Å². The Hall–Kier alpha value is -2.18. The summed E-state index contributed by atoms with van der Waals surface area (Å²) >= 11 is 0. The number of nitrogens with one attached hydrogen (secondary N) is 1. The smallest absolute Gasteiger partial charge is 0.255 e. The van der Waals surface area contributed by atoms with Crippen LogP contribution in [0.5, 0.6) is 0 Å². The molecule has 1 N–H and O–H groups in total. The zero-order valence-corrected chi connectivity index (χ0v) is 17.7. The van der Waals surface area contributed by atoms with Gasteiger partial charge >= 0.3 is 0 Å². The van der Waals surface area contributed by atoms with Crippen molar-refractivity contribution in [1.82, 2.24) is 4.31 Å². The minimum Gasteiger partial charge on any atom is -0.322 e. The first-order chi connectivity index (χ1) is 13.2. The summed E-state index contributed by atoms with van der Waals surface area (Å²) in [5, 5.41) is 2.90. The molecule has 0 spiro atoms. The number of hydrogen-bond acceptors (Lipinski definition) is 3. The van der Waals surface area contributed by atoms with Crippen molar-refractivity contribution in [3.8, 4) is 0 Å². The number of carbonyl (C=O) groups is 1. The van der Waals surface area contributed by atoms with Gasteiger partial charge in [-0.05, 0) is 73.6 Å². The fourth-order valence-electron chi connectivity index (χ4n) is 3.79. The highest BCUT2D eigenvalue weighted by Crippen LogP contribution is 2.27. The van der Waals surface area contributed by atoms with E-state index in [1.807, 2.05) is 32.0 Å². The Morgan fingerprint density at radius 3 is 2.21 bits per heavy atom. The average molecular weight is 401 g/mol. The van der Waals surface area contributed by atoms with Gasteiger partial charge in [0.2, 0.25) is 10.0 Å². The second-order valence-corrected chi connectivity index (χ2v) is 10.0. The van der Waals surface area contributed by atoms with Crippen molar-refractivity contribution in [3.05, 3.63) is 59.2 Å². The molecule has 1 aliphatic heterocycles. The highest BCUT2D eigenvalue weighted by atomic mass is 32.2. The van der Waals surface area contributed by atoms with Crippen LogP contribution < -0.4 is 5.32 Å². The molecule has 0 bridgehead atoms. The van der Waals surface area contributed by atoms with Gasteiger partial charge in [0.1, 0.15) is 0 Å². The van der Waals surface area contributed by atoms with Gasteiger partial charge in [-0.25, -0.2) is 8.42 Å². The van der Waals surface area contributed by atoms with Gasteiger partial charge in [-0.2, -0.15) is 4.31 Å². The number of hydrogen-bond donors (Lipinski definition) is 1. The Labute approximate surface area is 167 Å². The van der Waals surface area contributed by atoms with Crippen molar-refractivity contribution in [2.45, 2.75) is 39.0 Å². The molecule has 0 radical (unpaired) electrons. The molecule has 1 aliphatic rings. The van der Waals surface area contributed by atoms with E-state index in [1.165, 1.54) is 12.1 Å². The molecule has 3 rings (SSSR count). The lowest BCUT2D eigenvalue weighted by Crippen LogP contribution is -2.42. The van der Waals surface area contributed by atoms with E-state index in [0.717, 1.165) is 23.2 Å². The molecule has 1 fully saturated rings. The Bertz CT molecular complexity index is 958. The molecule has 0 aliphatic carbocycles. The lowest BCUT2D eigenvalue weighted by Gasteiger charge is -2.34. The molecule has 5 nitrogen and oxygen atoms in total. The molecule has 6 heteroatoms. The third-order valence-corrected chi connectivity index (χ3v) is 7.08. The van der Waals surface area contributed by atoms with E-state index in [2.05, 4.69) is 19.2 Å². The number of amides is 1. The van der Waals surface area contributed by atoms with E-state index in [1.54, 1.807) is 16.4 Å². The van der Waals surface area contributed by atoms with Crippen LogP contribution in [0.3, 0.4) is 0 Å². The molecule has 1 amide bonds. The molecule has 2 aromatic carbocycles. The van der Waals surface area contributed by atoms with Gasteiger partial charge in [0, 0.05) is 24.3 Å².